The molecule has 0 aliphatic heterocycles. The van der Waals surface area contributed by atoms with Crippen LogP contribution in [0.25, 0.3) is 0 Å². The molecule has 20 heavy (non-hydrogen) atoms. The highest BCUT2D eigenvalue weighted by atomic mass is 19.1. The first-order chi connectivity index (χ1) is 9.42. The van der Waals surface area contributed by atoms with Crippen LogP contribution in [0.1, 0.15) is 5.56 Å². The number of ether oxygens (including phenoxy) is 1. The Morgan fingerprint density at radius 3 is 2.05 bits per heavy atom. The molecule has 0 fully saturated rings. The van der Waals surface area contributed by atoms with E-state index in [0.29, 0.717) is 0 Å². The van der Waals surface area contributed by atoms with Crippen molar-refractivity contribution in [3.8, 4) is 5.75 Å². The van der Waals surface area contributed by atoms with E-state index in [1.54, 1.807) is 0 Å². The molecule has 0 aromatic heterocycles. The maximum absolute atomic E-state index is 13.8. The predicted octanol–water partition coefficient (Wildman–Crippen LogP) is 1.95. The van der Waals surface area contributed by atoms with E-state index in [1.165, 1.54) is 14.0 Å². The average Bonchev–Trinajstić information content (AvgIpc) is 2.38. The summed E-state index contributed by atoms with van der Waals surface area (Å²) in [6, 6.07) is 3.87. The van der Waals surface area contributed by atoms with Crippen molar-refractivity contribution in [2.45, 2.75) is 6.92 Å². The molecule has 2 rings (SSSR count). The monoisotopic (exact) mass is 282 g/mol. The molecule has 0 saturated heterocycles. The van der Waals surface area contributed by atoms with E-state index in [2.05, 4.69) is 0 Å². The van der Waals surface area contributed by atoms with E-state index in [9.17, 15) is 17.6 Å². The summed E-state index contributed by atoms with van der Waals surface area (Å²) in [4.78, 5) is 0. The van der Waals surface area contributed by atoms with Crippen LogP contribution in [0.5, 0.6) is 5.75 Å². The van der Waals surface area contributed by atoms with Crippen LogP contribution in [0, 0.1) is 30.2 Å². The summed E-state index contributed by atoms with van der Waals surface area (Å²) in [6.45, 7) is 1.43. The summed E-state index contributed by atoms with van der Waals surface area (Å²) in [5.41, 5.74) is 0.116. The Hall–Kier alpha value is -1.98. The summed E-state index contributed by atoms with van der Waals surface area (Å²) in [7, 11) is 1.06. The van der Waals surface area contributed by atoms with Gasteiger partial charge in [-0.15, -0.1) is 0 Å². The van der Waals surface area contributed by atoms with Crippen LogP contribution < -0.4 is 15.7 Å². The standard InChI is InChI=1S/C14H11BF4O/c1-7-10(3-8(16)4-11(7)17)15-14-12(18)5-9(20-2)6-13(14)19/h3-6,15H,1-2H3. The topological polar surface area (TPSA) is 9.23 Å². The predicted molar refractivity (Wildman–Crippen MR) is 70.4 cm³/mol. The molecule has 0 bridgehead atoms. The van der Waals surface area contributed by atoms with Gasteiger partial charge in [-0.25, -0.2) is 17.6 Å². The first-order valence-electron chi connectivity index (χ1n) is 5.88. The molecule has 0 spiro atoms. The summed E-state index contributed by atoms with van der Waals surface area (Å²) in [5.74, 6) is -3.10. The molecule has 2 aromatic carbocycles. The molecule has 0 N–H and O–H groups in total. The van der Waals surface area contributed by atoms with Gasteiger partial charge in [0.1, 0.15) is 29.0 Å². The summed E-state index contributed by atoms with van der Waals surface area (Å²) >= 11 is 0. The molecular formula is C14H11BF4O. The molecule has 0 amide bonds. The van der Waals surface area contributed by atoms with Crippen LogP contribution >= 0.6 is 0 Å². The van der Waals surface area contributed by atoms with Gasteiger partial charge in [0.2, 0.25) is 7.28 Å². The van der Waals surface area contributed by atoms with Gasteiger partial charge in [0.05, 0.1) is 7.11 Å². The van der Waals surface area contributed by atoms with E-state index in [-0.39, 0.29) is 29.5 Å². The molecule has 104 valence electrons. The van der Waals surface area contributed by atoms with E-state index in [0.717, 1.165) is 24.3 Å². The second-order valence-electron chi connectivity index (χ2n) is 4.42. The van der Waals surface area contributed by atoms with Crippen molar-refractivity contribution in [2.24, 2.45) is 0 Å². The summed E-state index contributed by atoms with van der Waals surface area (Å²) in [6.07, 6.45) is 0. The van der Waals surface area contributed by atoms with Gasteiger partial charge in [-0.05, 0) is 24.0 Å². The summed E-state index contributed by atoms with van der Waals surface area (Å²) in [5, 5.41) is 0. The average molecular weight is 282 g/mol. The third kappa shape index (κ3) is 2.79. The lowest BCUT2D eigenvalue weighted by Crippen LogP contribution is -2.34. The minimum Gasteiger partial charge on any atom is -0.497 e. The zero-order valence-electron chi connectivity index (χ0n) is 10.9. The van der Waals surface area contributed by atoms with Gasteiger partial charge < -0.3 is 4.74 Å². The number of hydrogen-bond acceptors (Lipinski definition) is 1. The summed E-state index contributed by atoms with van der Waals surface area (Å²) < 4.78 is 59.0. The molecule has 0 atom stereocenters. The molecule has 0 saturated carbocycles. The zero-order chi connectivity index (χ0) is 14.9. The Morgan fingerprint density at radius 1 is 0.900 bits per heavy atom. The van der Waals surface area contributed by atoms with E-state index in [4.69, 9.17) is 4.74 Å². The Bertz CT molecular complexity index is 635. The molecule has 0 unspecified atom stereocenters. The van der Waals surface area contributed by atoms with Crippen molar-refractivity contribution in [3.05, 3.63) is 53.1 Å². The van der Waals surface area contributed by atoms with Crippen molar-refractivity contribution in [2.75, 3.05) is 7.11 Å². The number of methoxy groups -OCH3 is 1. The third-order valence-corrected chi connectivity index (χ3v) is 3.13. The smallest absolute Gasteiger partial charge is 0.200 e. The lowest BCUT2D eigenvalue weighted by atomic mass is 9.62. The van der Waals surface area contributed by atoms with Crippen molar-refractivity contribution >= 4 is 18.2 Å². The second-order valence-corrected chi connectivity index (χ2v) is 4.42. The van der Waals surface area contributed by atoms with E-state index < -0.39 is 23.3 Å². The molecule has 6 heteroatoms. The fourth-order valence-corrected chi connectivity index (χ4v) is 1.94. The largest absolute Gasteiger partial charge is 0.497 e. The zero-order valence-corrected chi connectivity index (χ0v) is 10.9. The number of rotatable bonds is 3. The minimum atomic E-state index is -0.814. The lowest BCUT2D eigenvalue weighted by Gasteiger charge is -2.09. The Morgan fingerprint density at radius 2 is 1.50 bits per heavy atom. The second kappa shape index (κ2) is 5.57. The molecule has 0 aliphatic carbocycles. The Labute approximate surface area is 114 Å². The van der Waals surface area contributed by atoms with E-state index in [1.807, 2.05) is 0 Å². The van der Waals surface area contributed by atoms with Crippen LogP contribution in [0.4, 0.5) is 17.6 Å². The highest BCUT2D eigenvalue weighted by Crippen LogP contribution is 2.13. The first-order valence-corrected chi connectivity index (χ1v) is 5.88. The molecular weight excluding hydrogens is 271 g/mol. The number of benzene rings is 2. The third-order valence-electron chi connectivity index (χ3n) is 3.13. The normalized spacial score (nSPS) is 10.5. The van der Waals surface area contributed by atoms with Gasteiger partial charge in [0.25, 0.3) is 0 Å². The van der Waals surface area contributed by atoms with Gasteiger partial charge in [-0.2, -0.15) is 0 Å². The molecule has 1 nitrogen and oxygen atoms in total. The Balaban J connectivity index is 2.45. The lowest BCUT2D eigenvalue weighted by molar-refractivity contribution is 0.407. The molecule has 0 aliphatic rings. The van der Waals surface area contributed by atoms with Crippen LogP contribution in [0.3, 0.4) is 0 Å². The number of hydrogen-bond donors (Lipinski definition) is 0. The maximum Gasteiger partial charge on any atom is 0.200 e. The van der Waals surface area contributed by atoms with Gasteiger partial charge in [-0.1, -0.05) is 5.46 Å². The van der Waals surface area contributed by atoms with Crippen molar-refractivity contribution < 1.29 is 22.3 Å². The fraction of sp³-hybridized carbons (Fsp3) is 0.143. The highest BCUT2D eigenvalue weighted by Gasteiger charge is 2.16. The first kappa shape index (κ1) is 14.4. The molecule has 0 heterocycles. The van der Waals surface area contributed by atoms with Crippen LogP contribution in [0.15, 0.2) is 24.3 Å². The quantitative estimate of drug-likeness (QED) is 0.617. The van der Waals surface area contributed by atoms with Crippen molar-refractivity contribution in [1.29, 1.82) is 0 Å². The molecule has 2 aromatic rings. The van der Waals surface area contributed by atoms with Gasteiger partial charge >= 0.3 is 0 Å². The van der Waals surface area contributed by atoms with Gasteiger partial charge in [0.15, 0.2) is 0 Å². The minimum absolute atomic E-state index is 0.0471. The Kier molecular flexibility index (Phi) is 4.02. The van der Waals surface area contributed by atoms with E-state index >= 15 is 0 Å². The van der Waals surface area contributed by atoms with Crippen molar-refractivity contribution in [1.82, 2.24) is 0 Å². The number of halogens is 4. The van der Waals surface area contributed by atoms with Crippen LogP contribution in [-0.2, 0) is 0 Å². The van der Waals surface area contributed by atoms with Gasteiger partial charge in [0, 0.05) is 18.2 Å². The van der Waals surface area contributed by atoms with Crippen LogP contribution in [0.2, 0.25) is 0 Å². The SMILES string of the molecule is COc1cc(F)c(Bc2cc(F)cc(F)c2C)c(F)c1. The fourth-order valence-electron chi connectivity index (χ4n) is 1.94. The molecule has 0 radical (unpaired) electrons. The van der Waals surface area contributed by atoms with Gasteiger partial charge in [-0.3, -0.25) is 0 Å². The van der Waals surface area contributed by atoms with Crippen molar-refractivity contribution in [3.63, 3.8) is 0 Å². The van der Waals surface area contributed by atoms with Crippen LogP contribution in [-0.4, -0.2) is 14.4 Å². The highest BCUT2D eigenvalue weighted by molar-refractivity contribution is 6.67. The maximum atomic E-state index is 13.8.